The number of amidine groups is 1. The van der Waals surface area contributed by atoms with Crippen molar-refractivity contribution in [1.82, 2.24) is 10.0 Å². The lowest BCUT2D eigenvalue weighted by molar-refractivity contribution is 0.575. The lowest BCUT2D eigenvalue weighted by Gasteiger charge is -2.11. The Kier molecular flexibility index (Phi) is 7.61. The maximum absolute atomic E-state index is 12.6. The van der Waals surface area contributed by atoms with Gasteiger partial charge in [0.1, 0.15) is 5.84 Å². The van der Waals surface area contributed by atoms with Gasteiger partial charge in [0, 0.05) is 30.8 Å². The molecule has 3 rings (SSSR count). The highest BCUT2D eigenvalue weighted by molar-refractivity contribution is 7.89. The summed E-state index contributed by atoms with van der Waals surface area (Å²) in [5.74, 6) is -0.0104. The molecule has 0 heterocycles. The molecule has 0 fully saturated rings. The normalized spacial score (nSPS) is 11.9. The number of hydrogen-bond donors (Lipinski definition) is 5. The molecule has 0 aliphatic rings. The molecular formula is C22H25N5O4S2. The van der Waals surface area contributed by atoms with Gasteiger partial charge in [0.25, 0.3) is 0 Å². The Bertz CT molecular complexity index is 1360. The minimum atomic E-state index is -3.92. The van der Waals surface area contributed by atoms with Crippen LogP contribution in [0.2, 0.25) is 0 Å². The van der Waals surface area contributed by atoms with E-state index in [-0.39, 0.29) is 22.2 Å². The third-order valence-electron chi connectivity index (χ3n) is 4.83. The predicted molar refractivity (Wildman–Crippen MR) is 128 cm³/mol. The number of nitrogen functional groups attached to an aromatic ring is 1. The zero-order valence-corrected chi connectivity index (χ0v) is 19.3. The third-order valence-corrected chi connectivity index (χ3v) is 7.28. The molecule has 3 aromatic rings. The number of rotatable bonds is 10. The van der Waals surface area contributed by atoms with Crippen LogP contribution < -0.4 is 20.9 Å². The number of nitrogens with one attached hydrogen (secondary N) is 3. The maximum Gasteiger partial charge on any atom is 0.240 e. The summed E-state index contributed by atoms with van der Waals surface area (Å²) in [6, 6.07) is 19.4. The highest BCUT2D eigenvalue weighted by atomic mass is 32.2. The second-order valence-corrected chi connectivity index (χ2v) is 10.6. The van der Waals surface area contributed by atoms with E-state index in [0.717, 1.165) is 5.56 Å². The van der Waals surface area contributed by atoms with Crippen LogP contribution in [0.15, 0.2) is 82.6 Å². The maximum atomic E-state index is 12.6. The van der Waals surface area contributed by atoms with Crippen LogP contribution in [-0.4, -0.2) is 35.8 Å². The summed E-state index contributed by atoms with van der Waals surface area (Å²) in [6.45, 7) is 1.06. The van der Waals surface area contributed by atoms with Crippen LogP contribution >= 0.6 is 0 Å². The van der Waals surface area contributed by atoms with Crippen molar-refractivity contribution in [3.63, 3.8) is 0 Å². The first-order valence-corrected chi connectivity index (χ1v) is 13.0. The standard InChI is InChI=1S/C22H25N5O4S2/c23-22(24)18-5-3-4-16(14-18)15-26-12-13-27-33(30,31)19-10-8-17(9-11-19)20-6-1-2-7-21(20)32(25,28)29/h1-11,14,26-27H,12-13,15H2,(H3,23,24)(H2,25,28,29). The van der Waals surface area contributed by atoms with Crippen molar-refractivity contribution in [2.24, 2.45) is 10.9 Å². The Balaban J connectivity index is 1.59. The van der Waals surface area contributed by atoms with Gasteiger partial charge < -0.3 is 11.1 Å². The molecule has 0 atom stereocenters. The summed E-state index contributed by atoms with van der Waals surface area (Å²) in [7, 11) is -7.66. The van der Waals surface area contributed by atoms with E-state index >= 15 is 0 Å². The SMILES string of the molecule is N=C(N)c1cccc(CNCCNS(=O)(=O)c2ccc(-c3ccccc3S(N)(=O)=O)cc2)c1. The fourth-order valence-corrected chi connectivity index (χ4v) is 5.00. The molecule has 0 bridgehead atoms. The average molecular weight is 488 g/mol. The summed E-state index contributed by atoms with van der Waals surface area (Å²) >= 11 is 0. The molecule has 7 N–H and O–H groups in total. The molecule has 0 saturated carbocycles. The summed E-state index contributed by atoms with van der Waals surface area (Å²) in [5.41, 5.74) is 7.98. The summed E-state index contributed by atoms with van der Waals surface area (Å²) < 4.78 is 51.3. The lowest BCUT2D eigenvalue weighted by Crippen LogP contribution is -2.31. The van der Waals surface area contributed by atoms with Gasteiger partial charge in [-0.1, -0.05) is 48.5 Å². The minimum absolute atomic E-state index is 0.0104. The van der Waals surface area contributed by atoms with Crippen LogP contribution in [-0.2, 0) is 26.6 Å². The molecule has 0 radical (unpaired) electrons. The van der Waals surface area contributed by atoms with Gasteiger partial charge in [-0.2, -0.15) is 0 Å². The van der Waals surface area contributed by atoms with E-state index in [1.54, 1.807) is 42.5 Å². The molecule has 0 amide bonds. The van der Waals surface area contributed by atoms with Crippen molar-refractivity contribution in [3.8, 4) is 11.1 Å². The van der Waals surface area contributed by atoms with Gasteiger partial charge >= 0.3 is 0 Å². The van der Waals surface area contributed by atoms with Gasteiger partial charge in [-0.05, 0) is 35.4 Å². The highest BCUT2D eigenvalue weighted by Gasteiger charge is 2.17. The van der Waals surface area contributed by atoms with Crippen molar-refractivity contribution in [3.05, 3.63) is 83.9 Å². The van der Waals surface area contributed by atoms with Crippen LogP contribution in [0.3, 0.4) is 0 Å². The van der Waals surface area contributed by atoms with Crippen LogP contribution in [0.5, 0.6) is 0 Å². The number of hydrogen-bond acceptors (Lipinski definition) is 6. The molecular weight excluding hydrogens is 462 g/mol. The van der Waals surface area contributed by atoms with Crippen molar-refractivity contribution in [2.75, 3.05) is 13.1 Å². The van der Waals surface area contributed by atoms with Crippen molar-refractivity contribution >= 4 is 25.9 Å². The van der Waals surface area contributed by atoms with E-state index in [2.05, 4.69) is 10.0 Å². The Morgan fingerprint density at radius 1 is 0.879 bits per heavy atom. The zero-order chi connectivity index (χ0) is 24.1. The molecule has 0 unspecified atom stereocenters. The molecule has 0 spiro atoms. The molecule has 0 aliphatic carbocycles. The fourth-order valence-electron chi connectivity index (χ4n) is 3.21. The molecule has 33 heavy (non-hydrogen) atoms. The summed E-state index contributed by atoms with van der Waals surface area (Å²) in [6.07, 6.45) is 0. The van der Waals surface area contributed by atoms with E-state index in [1.165, 1.54) is 18.2 Å². The third kappa shape index (κ3) is 6.46. The number of sulfonamides is 2. The Morgan fingerprint density at radius 2 is 1.58 bits per heavy atom. The Labute approximate surface area is 193 Å². The largest absolute Gasteiger partial charge is 0.384 e. The van der Waals surface area contributed by atoms with E-state index in [0.29, 0.717) is 29.8 Å². The van der Waals surface area contributed by atoms with Gasteiger partial charge in [-0.15, -0.1) is 0 Å². The molecule has 0 saturated heterocycles. The predicted octanol–water partition coefficient (Wildman–Crippen LogP) is 1.35. The summed E-state index contributed by atoms with van der Waals surface area (Å²) in [4.78, 5) is 0.0344. The van der Waals surface area contributed by atoms with E-state index < -0.39 is 20.0 Å². The first-order valence-electron chi connectivity index (χ1n) is 9.94. The minimum Gasteiger partial charge on any atom is -0.384 e. The van der Waals surface area contributed by atoms with Gasteiger partial charge in [-0.3, -0.25) is 5.41 Å². The number of benzene rings is 3. The van der Waals surface area contributed by atoms with Gasteiger partial charge in [0.2, 0.25) is 20.0 Å². The van der Waals surface area contributed by atoms with Gasteiger partial charge in [-0.25, -0.2) is 26.7 Å². The molecule has 0 aromatic heterocycles. The second kappa shape index (κ2) is 10.2. The molecule has 0 aliphatic heterocycles. The van der Waals surface area contributed by atoms with Crippen LogP contribution in [0, 0.1) is 5.41 Å². The topological polar surface area (TPSA) is 168 Å². The molecule has 9 nitrogen and oxygen atoms in total. The molecule has 3 aromatic carbocycles. The highest BCUT2D eigenvalue weighted by Crippen LogP contribution is 2.27. The Morgan fingerprint density at radius 3 is 2.24 bits per heavy atom. The van der Waals surface area contributed by atoms with Gasteiger partial charge in [0.05, 0.1) is 9.79 Å². The first-order chi connectivity index (χ1) is 15.6. The second-order valence-electron chi connectivity index (χ2n) is 7.25. The van der Waals surface area contributed by atoms with Crippen LogP contribution in [0.1, 0.15) is 11.1 Å². The summed E-state index contributed by atoms with van der Waals surface area (Å²) in [5, 5.41) is 15.9. The van der Waals surface area contributed by atoms with Crippen LogP contribution in [0.4, 0.5) is 0 Å². The van der Waals surface area contributed by atoms with Crippen LogP contribution in [0.25, 0.3) is 11.1 Å². The molecule has 174 valence electrons. The quantitative estimate of drug-likeness (QED) is 0.164. The number of primary sulfonamides is 1. The number of nitrogens with two attached hydrogens (primary N) is 2. The smallest absolute Gasteiger partial charge is 0.240 e. The fraction of sp³-hybridized carbons (Fsp3) is 0.136. The Hall–Kier alpha value is -3.09. The first kappa shape index (κ1) is 24.6. The molecule has 11 heteroatoms. The zero-order valence-electron chi connectivity index (χ0n) is 17.7. The van der Waals surface area contributed by atoms with E-state index in [9.17, 15) is 16.8 Å². The monoisotopic (exact) mass is 487 g/mol. The van der Waals surface area contributed by atoms with E-state index in [4.69, 9.17) is 16.3 Å². The van der Waals surface area contributed by atoms with Gasteiger partial charge in [0.15, 0.2) is 0 Å². The average Bonchev–Trinajstić information content (AvgIpc) is 2.78. The lowest BCUT2D eigenvalue weighted by atomic mass is 10.1. The van der Waals surface area contributed by atoms with Crippen molar-refractivity contribution < 1.29 is 16.8 Å². The van der Waals surface area contributed by atoms with Crippen molar-refractivity contribution in [1.29, 1.82) is 5.41 Å². The van der Waals surface area contributed by atoms with Crippen molar-refractivity contribution in [2.45, 2.75) is 16.3 Å². The van der Waals surface area contributed by atoms with E-state index in [1.807, 2.05) is 12.1 Å².